The SMILES string of the molecule is CC(C)CC(F)CC1CCNC1. The lowest BCUT2D eigenvalue weighted by molar-refractivity contribution is 0.237. The van der Waals surface area contributed by atoms with Crippen LogP contribution in [0.5, 0.6) is 0 Å². The molecule has 0 bridgehead atoms. The van der Waals surface area contributed by atoms with Gasteiger partial charge in [-0.1, -0.05) is 13.8 Å². The van der Waals surface area contributed by atoms with Crippen LogP contribution in [0.4, 0.5) is 4.39 Å². The van der Waals surface area contributed by atoms with Crippen molar-refractivity contribution < 1.29 is 4.39 Å². The van der Waals surface area contributed by atoms with Crippen molar-refractivity contribution in [3.63, 3.8) is 0 Å². The Kier molecular flexibility index (Phi) is 3.99. The number of hydrogen-bond donors (Lipinski definition) is 1. The average molecular weight is 173 g/mol. The first kappa shape index (κ1) is 9.97. The number of hydrogen-bond acceptors (Lipinski definition) is 1. The minimum Gasteiger partial charge on any atom is -0.316 e. The molecule has 1 saturated heterocycles. The van der Waals surface area contributed by atoms with Crippen molar-refractivity contribution in [2.45, 2.75) is 39.3 Å². The Labute approximate surface area is 74.7 Å². The third-order valence-electron chi connectivity index (χ3n) is 2.48. The van der Waals surface area contributed by atoms with Crippen molar-refractivity contribution in [1.29, 1.82) is 0 Å². The summed E-state index contributed by atoms with van der Waals surface area (Å²) in [6, 6.07) is 0. The van der Waals surface area contributed by atoms with Gasteiger partial charge in [0.25, 0.3) is 0 Å². The van der Waals surface area contributed by atoms with Gasteiger partial charge in [0.2, 0.25) is 0 Å². The molecule has 0 amide bonds. The fraction of sp³-hybridized carbons (Fsp3) is 1.00. The van der Waals surface area contributed by atoms with Gasteiger partial charge in [-0.3, -0.25) is 0 Å². The Balaban J connectivity index is 2.11. The van der Waals surface area contributed by atoms with Crippen LogP contribution in [0, 0.1) is 11.8 Å². The quantitative estimate of drug-likeness (QED) is 0.688. The molecule has 1 fully saturated rings. The van der Waals surface area contributed by atoms with E-state index in [1.54, 1.807) is 0 Å². The fourth-order valence-corrected chi connectivity index (χ4v) is 1.89. The summed E-state index contributed by atoms with van der Waals surface area (Å²) in [5, 5.41) is 3.26. The van der Waals surface area contributed by atoms with Crippen LogP contribution >= 0.6 is 0 Å². The molecule has 0 aromatic carbocycles. The van der Waals surface area contributed by atoms with E-state index in [1.807, 2.05) is 0 Å². The average Bonchev–Trinajstić information content (AvgIpc) is 2.37. The Bertz CT molecular complexity index is 119. The van der Waals surface area contributed by atoms with E-state index < -0.39 is 6.17 Å². The summed E-state index contributed by atoms with van der Waals surface area (Å²) in [4.78, 5) is 0. The Morgan fingerprint density at radius 2 is 2.25 bits per heavy atom. The molecule has 1 aliphatic heterocycles. The Morgan fingerprint density at radius 3 is 2.75 bits per heavy atom. The van der Waals surface area contributed by atoms with Crippen LogP contribution in [0.1, 0.15) is 33.1 Å². The Hall–Kier alpha value is -0.110. The highest BCUT2D eigenvalue weighted by Crippen LogP contribution is 2.20. The van der Waals surface area contributed by atoms with Crippen LogP contribution in [0.3, 0.4) is 0 Å². The third kappa shape index (κ3) is 3.53. The summed E-state index contributed by atoms with van der Waals surface area (Å²) in [5.74, 6) is 1.09. The van der Waals surface area contributed by atoms with Crippen LogP contribution in [0.15, 0.2) is 0 Å². The van der Waals surface area contributed by atoms with Gasteiger partial charge in [0.05, 0.1) is 0 Å². The van der Waals surface area contributed by atoms with Crippen LogP contribution in [0.2, 0.25) is 0 Å². The molecule has 1 aliphatic rings. The minimum atomic E-state index is -0.574. The molecule has 0 aromatic rings. The highest BCUT2D eigenvalue weighted by molar-refractivity contribution is 4.74. The number of nitrogens with one attached hydrogen (secondary N) is 1. The second kappa shape index (κ2) is 4.80. The highest BCUT2D eigenvalue weighted by atomic mass is 19.1. The maximum Gasteiger partial charge on any atom is 0.101 e. The van der Waals surface area contributed by atoms with E-state index in [0.717, 1.165) is 25.9 Å². The van der Waals surface area contributed by atoms with E-state index in [1.165, 1.54) is 6.42 Å². The lowest BCUT2D eigenvalue weighted by Gasteiger charge is -2.14. The van der Waals surface area contributed by atoms with Gasteiger partial charge in [-0.25, -0.2) is 4.39 Å². The first-order chi connectivity index (χ1) is 5.68. The van der Waals surface area contributed by atoms with Gasteiger partial charge < -0.3 is 5.32 Å². The highest BCUT2D eigenvalue weighted by Gasteiger charge is 2.19. The molecule has 0 aliphatic carbocycles. The predicted molar refractivity (Wildman–Crippen MR) is 49.9 cm³/mol. The monoisotopic (exact) mass is 173 g/mol. The van der Waals surface area contributed by atoms with Crippen molar-refractivity contribution in [1.82, 2.24) is 5.32 Å². The van der Waals surface area contributed by atoms with Gasteiger partial charge in [-0.15, -0.1) is 0 Å². The van der Waals surface area contributed by atoms with E-state index in [2.05, 4.69) is 19.2 Å². The van der Waals surface area contributed by atoms with Crippen molar-refractivity contribution in [2.75, 3.05) is 13.1 Å². The van der Waals surface area contributed by atoms with E-state index in [-0.39, 0.29) is 0 Å². The molecule has 0 saturated carbocycles. The largest absolute Gasteiger partial charge is 0.316 e. The second-order valence-corrected chi connectivity index (χ2v) is 4.32. The zero-order valence-electron chi connectivity index (χ0n) is 8.15. The zero-order chi connectivity index (χ0) is 8.97. The molecular formula is C10H20FN. The summed E-state index contributed by atoms with van der Waals surface area (Å²) in [7, 11) is 0. The molecule has 0 radical (unpaired) electrons. The van der Waals surface area contributed by atoms with Crippen molar-refractivity contribution in [3.8, 4) is 0 Å². The van der Waals surface area contributed by atoms with Crippen molar-refractivity contribution >= 4 is 0 Å². The van der Waals surface area contributed by atoms with E-state index >= 15 is 0 Å². The third-order valence-corrected chi connectivity index (χ3v) is 2.48. The predicted octanol–water partition coefficient (Wildman–Crippen LogP) is 2.37. The van der Waals surface area contributed by atoms with Crippen LogP contribution < -0.4 is 5.32 Å². The van der Waals surface area contributed by atoms with Crippen LogP contribution in [0.25, 0.3) is 0 Å². The molecule has 2 unspecified atom stereocenters. The van der Waals surface area contributed by atoms with Gasteiger partial charge in [0, 0.05) is 0 Å². The van der Waals surface area contributed by atoms with Gasteiger partial charge in [0.15, 0.2) is 0 Å². The van der Waals surface area contributed by atoms with Crippen LogP contribution in [-0.2, 0) is 0 Å². The topological polar surface area (TPSA) is 12.0 Å². The normalized spacial score (nSPS) is 26.5. The van der Waals surface area contributed by atoms with E-state index in [0.29, 0.717) is 11.8 Å². The minimum absolute atomic E-state index is 0.495. The van der Waals surface area contributed by atoms with Crippen molar-refractivity contribution in [2.24, 2.45) is 11.8 Å². The number of rotatable bonds is 4. The molecule has 1 nitrogen and oxygen atoms in total. The standard InChI is InChI=1S/C10H20FN/c1-8(2)5-10(11)6-9-3-4-12-7-9/h8-10,12H,3-7H2,1-2H3. The molecular weight excluding hydrogens is 153 g/mol. The molecule has 2 heteroatoms. The number of alkyl halides is 1. The van der Waals surface area contributed by atoms with E-state index in [9.17, 15) is 4.39 Å². The maximum absolute atomic E-state index is 13.3. The maximum atomic E-state index is 13.3. The molecule has 1 heterocycles. The van der Waals surface area contributed by atoms with Gasteiger partial charge in [-0.2, -0.15) is 0 Å². The molecule has 12 heavy (non-hydrogen) atoms. The second-order valence-electron chi connectivity index (χ2n) is 4.32. The zero-order valence-corrected chi connectivity index (χ0v) is 8.15. The van der Waals surface area contributed by atoms with Crippen molar-refractivity contribution in [3.05, 3.63) is 0 Å². The number of halogens is 1. The lowest BCUT2D eigenvalue weighted by atomic mass is 9.96. The van der Waals surface area contributed by atoms with Gasteiger partial charge in [0.1, 0.15) is 6.17 Å². The van der Waals surface area contributed by atoms with Gasteiger partial charge in [-0.05, 0) is 44.2 Å². The van der Waals surface area contributed by atoms with Crippen LogP contribution in [-0.4, -0.2) is 19.3 Å². The smallest absolute Gasteiger partial charge is 0.101 e. The van der Waals surface area contributed by atoms with E-state index in [4.69, 9.17) is 0 Å². The first-order valence-electron chi connectivity index (χ1n) is 5.03. The Morgan fingerprint density at radius 1 is 1.50 bits per heavy atom. The summed E-state index contributed by atoms with van der Waals surface area (Å²) in [6.45, 7) is 6.27. The fourth-order valence-electron chi connectivity index (χ4n) is 1.89. The first-order valence-corrected chi connectivity index (χ1v) is 5.03. The summed E-state index contributed by atoms with van der Waals surface area (Å²) in [5.41, 5.74) is 0. The van der Waals surface area contributed by atoms with Gasteiger partial charge >= 0.3 is 0 Å². The summed E-state index contributed by atoms with van der Waals surface area (Å²) >= 11 is 0. The molecule has 72 valence electrons. The summed E-state index contributed by atoms with van der Waals surface area (Å²) in [6.07, 6.45) is 2.09. The lowest BCUT2D eigenvalue weighted by Crippen LogP contribution is -2.14. The molecule has 0 spiro atoms. The summed E-state index contributed by atoms with van der Waals surface area (Å²) < 4.78 is 13.3. The molecule has 1 rings (SSSR count). The molecule has 1 N–H and O–H groups in total. The molecule has 0 aromatic heterocycles. The molecule has 2 atom stereocenters.